The number of carbonyl (C=O) groups is 4. The average Bonchev–Trinajstić information content (AvgIpc) is 3.04. The van der Waals surface area contributed by atoms with Crippen molar-refractivity contribution in [3.8, 4) is 0 Å². The summed E-state index contributed by atoms with van der Waals surface area (Å²) in [4.78, 5) is 56.5. The molecule has 4 amide bonds. The number of nitrogens with one attached hydrogen (secondary N) is 3. The molecule has 3 atom stereocenters. The lowest BCUT2D eigenvalue weighted by molar-refractivity contribution is -0.133. The van der Waals surface area contributed by atoms with E-state index in [-0.39, 0.29) is 37.2 Å². The molecule has 0 aromatic heterocycles. The molecule has 11 nitrogen and oxygen atoms in total. The molecular formula is C37H59N7O4. The van der Waals surface area contributed by atoms with Gasteiger partial charge in [-0.15, -0.1) is 0 Å². The van der Waals surface area contributed by atoms with Crippen LogP contribution in [0.2, 0.25) is 0 Å². The number of hydrogen-bond donors (Lipinski definition) is 6. The van der Waals surface area contributed by atoms with Crippen LogP contribution in [0.5, 0.6) is 0 Å². The summed E-state index contributed by atoms with van der Waals surface area (Å²) in [5, 5.41) is 10.6. The van der Waals surface area contributed by atoms with Gasteiger partial charge in [-0.3, -0.25) is 24.2 Å². The van der Waals surface area contributed by atoms with E-state index in [4.69, 9.17) is 17.2 Å². The van der Waals surface area contributed by atoms with Crippen LogP contribution in [0.4, 0.5) is 0 Å². The van der Waals surface area contributed by atoms with E-state index in [9.17, 15) is 19.2 Å². The zero-order valence-corrected chi connectivity index (χ0v) is 29.3. The fraction of sp³-hybridized carbons (Fsp3) is 0.595. The zero-order chi connectivity index (χ0) is 35.3. The highest BCUT2D eigenvalue weighted by Gasteiger charge is 2.29. The van der Waals surface area contributed by atoms with Crippen molar-refractivity contribution in [3.05, 3.63) is 48.0 Å². The molecule has 0 aliphatic carbocycles. The van der Waals surface area contributed by atoms with E-state index >= 15 is 0 Å². The molecule has 0 saturated carbocycles. The van der Waals surface area contributed by atoms with Gasteiger partial charge < -0.3 is 33.2 Å². The fourth-order valence-corrected chi connectivity index (χ4v) is 5.71. The van der Waals surface area contributed by atoms with Crippen LogP contribution in [-0.4, -0.2) is 54.3 Å². The second-order valence-corrected chi connectivity index (χ2v) is 13.2. The normalized spacial score (nSPS) is 13.0. The van der Waals surface area contributed by atoms with Gasteiger partial charge in [-0.05, 0) is 47.9 Å². The highest BCUT2D eigenvalue weighted by Crippen LogP contribution is 2.17. The van der Waals surface area contributed by atoms with Crippen LogP contribution < -0.4 is 33.2 Å². The Bertz CT molecular complexity index is 1330. The molecule has 0 aliphatic heterocycles. The largest absolute Gasteiger partial charge is 0.370 e. The van der Waals surface area contributed by atoms with E-state index in [2.05, 4.69) is 27.9 Å². The Hall–Kier alpha value is -4.15. The maximum absolute atomic E-state index is 13.9. The Morgan fingerprint density at radius 3 is 1.94 bits per heavy atom. The molecule has 0 spiro atoms. The van der Waals surface area contributed by atoms with Gasteiger partial charge in [-0.2, -0.15) is 0 Å². The topological polar surface area (TPSA) is 195 Å². The van der Waals surface area contributed by atoms with Crippen molar-refractivity contribution >= 4 is 40.4 Å². The van der Waals surface area contributed by atoms with Gasteiger partial charge in [0, 0.05) is 19.4 Å². The maximum atomic E-state index is 13.9. The first-order valence-electron chi connectivity index (χ1n) is 17.7. The minimum atomic E-state index is -1.01. The minimum Gasteiger partial charge on any atom is -0.370 e. The number of nitrogens with two attached hydrogens (primary N) is 3. The van der Waals surface area contributed by atoms with E-state index in [1.54, 1.807) is 0 Å². The number of benzene rings is 2. The number of nitrogens with zero attached hydrogens (tertiary/aromatic N) is 1. The number of primary amides is 1. The van der Waals surface area contributed by atoms with Gasteiger partial charge in [0.1, 0.15) is 18.1 Å². The number of hydrogen-bond acceptors (Lipinski definition) is 5. The molecule has 266 valence electrons. The number of rotatable bonds is 24. The monoisotopic (exact) mass is 665 g/mol. The highest BCUT2D eigenvalue weighted by atomic mass is 16.2. The lowest BCUT2D eigenvalue weighted by atomic mass is 10.00. The zero-order valence-electron chi connectivity index (χ0n) is 29.3. The molecule has 0 fully saturated rings. The number of aliphatic imine (C=N–C) groups is 1. The van der Waals surface area contributed by atoms with E-state index in [1.165, 1.54) is 38.5 Å². The number of unbranched alkanes of at least 4 members (excludes halogenated alkanes) is 8. The number of fused-ring (bicyclic) bond motifs is 1. The van der Waals surface area contributed by atoms with Gasteiger partial charge in [-0.1, -0.05) is 115 Å². The van der Waals surface area contributed by atoms with Crippen molar-refractivity contribution in [2.45, 2.75) is 129 Å². The molecule has 2 aromatic rings. The van der Waals surface area contributed by atoms with Crippen molar-refractivity contribution in [1.29, 1.82) is 0 Å². The van der Waals surface area contributed by atoms with Crippen molar-refractivity contribution in [2.24, 2.45) is 28.1 Å². The average molecular weight is 666 g/mol. The first-order valence-corrected chi connectivity index (χ1v) is 17.7. The molecular weight excluding hydrogens is 606 g/mol. The van der Waals surface area contributed by atoms with Gasteiger partial charge in [0.2, 0.25) is 23.6 Å². The van der Waals surface area contributed by atoms with E-state index in [0.29, 0.717) is 19.3 Å². The second-order valence-electron chi connectivity index (χ2n) is 13.2. The van der Waals surface area contributed by atoms with Crippen LogP contribution in [0, 0.1) is 5.92 Å². The van der Waals surface area contributed by atoms with Crippen LogP contribution in [0.25, 0.3) is 10.8 Å². The number of amides is 4. The SMILES string of the molecule is CCCCCCCCCCCC(=O)N[C@H](Cc1ccc2ccccc2c1)C(=O)N[C@@H](CCCN=C(N)N)C(=O)N[C@@H](CC(C)C)C(N)=O. The Labute approximate surface area is 286 Å². The van der Waals surface area contributed by atoms with E-state index < -0.39 is 35.8 Å². The van der Waals surface area contributed by atoms with Crippen LogP contribution in [0.1, 0.15) is 110 Å². The second kappa shape index (κ2) is 22.4. The first-order chi connectivity index (χ1) is 23.0. The molecule has 0 saturated heterocycles. The van der Waals surface area contributed by atoms with Gasteiger partial charge in [0.25, 0.3) is 0 Å². The smallest absolute Gasteiger partial charge is 0.243 e. The molecule has 0 radical (unpaired) electrons. The quantitative estimate of drug-likeness (QED) is 0.0548. The predicted octanol–water partition coefficient (Wildman–Crippen LogP) is 4.34. The van der Waals surface area contributed by atoms with E-state index in [1.807, 2.05) is 56.3 Å². The third-order valence-corrected chi connectivity index (χ3v) is 8.36. The van der Waals surface area contributed by atoms with Gasteiger partial charge in [0.15, 0.2) is 5.96 Å². The summed E-state index contributed by atoms with van der Waals surface area (Å²) < 4.78 is 0. The lowest BCUT2D eigenvalue weighted by Crippen LogP contribution is -2.57. The Balaban J connectivity index is 2.17. The van der Waals surface area contributed by atoms with E-state index in [0.717, 1.165) is 35.6 Å². The van der Waals surface area contributed by atoms with Crippen molar-refractivity contribution in [3.63, 3.8) is 0 Å². The van der Waals surface area contributed by atoms with Crippen molar-refractivity contribution in [2.75, 3.05) is 6.54 Å². The summed E-state index contributed by atoms with van der Waals surface area (Å²) in [7, 11) is 0. The first kappa shape index (κ1) is 40.0. The summed E-state index contributed by atoms with van der Waals surface area (Å²) >= 11 is 0. The van der Waals surface area contributed by atoms with Crippen molar-refractivity contribution < 1.29 is 19.2 Å². The molecule has 2 rings (SSSR count). The Morgan fingerprint density at radius 1 is 0.708 bits per heavy atom. The molecule has 0 heterocycles. The fourth-order valence-electron chi connectivity index (χ4n) is 5.71. The summed E-state index contributed by atoms with van der Waals surface area (Å²) in [5.74, 6) is -1.87. The highest BCUT2D eigenvalue weighted by molar-refractivity contribution is 5.94. The third-order valence-electron chi connectivity index (χ3n) is 8.36. The number of guanidine groups is 1. The minimum absolute atomic E-state index is 0.0732. The molecule has 0 bridgehead atoms. The predicted molar refractivity (Wildman–Crippen MR) is 194 cm³/mol. The van der Waals surface area contributed by atoms with Gasteiger partial charge in [0.05, 0.1) is 0 Å². The molecule has 0 unspecified atom stereocenters. The van der Waals surface area contributed by atoms with Crippen LogP contribution in [0.15, 0.2) is 47.5 Å². The summed E-state index contributed by atoms with van der Waals surface area (Å²) in [6, 6.07) is 11.0. The van der Waals surface area contributed by atoms with Gasteiger partial charge in [-0.25, -0.2) is 0 Å². The lowest BCUT2D eigenvalue weighted by Gasteiger charge is -2.25. The summed E-state index contributed by atoms with van der Waals surface area (Å²) in [6.45, 7) is 6.31. The van der Waals surface area contributed by atoms with Gasteiger partial charge >= 0.3 is 0 Å². The van der Waals surface area contributed by atoms with Crippen molar-refractivity contribution in [1.82, 2.24) is 16.0 Å². The molecule has 2 aromatic carbocycles. The van der Waals surface area contributed by atoms with Crippen LogP contribution in [0.3, 0.4) is 0 Å². The number of carbonyl (C=O) groups excluding carboxylic acids is 4. The third kappa shape index (κ3) is 16.1. The molecule has 48 heavy (non-hydrogen) atoms. The Kier molecular flexibility index (Phi) is 18.7. The summed E-state index contributed by atoms with van der Waals surface area (Å²) in [6.07, 6.45) is 11.7. The maximum Gasteiger partial charge on any atom is 0.243 e. The van der Waals surface area contributed by atoms with Crippen LogP contribution in [-0.2, 0) is 25.6 Å². The molecule has 9 N–H and O–H groups in total. The molecule has 11 heteroatoms. The van der Waals surface area contributed by atoms with Crippen LogP contribution >= 0.6 is 0 Å². The molecule has 0 aliphatic rings. The Morgan fingerprint density at radius 2 is 1.31 bits per heavy atom. The summed E-state index contributed by atoms with van der Waals surface area (Å²) in [5.41, 5.74) is 17.4. The standard InChI is InChI=1S/C37H59N7O4/c1-4-5-6-7-8-9-10-11-12-19-33(45)42-32(25-27-20-21-28-16-13-14-17-29(28)24-27)36(48)43-30(18-15-22-41-37(39)40)35(47)44-31(34(38)46)23-26(2)3/h13-14,16-17,20-21,24,26,30-32H,4-12,15,18-19,22-23,25H2,1-3H3,(H2,38,46)(H,42,45)(H,43,48)(H,44,47)(H4,39,40,41)/t30-,31-,32+/m0/s1.